The molecule has 1 aliphatic heterocycles. The third kappa shape index (κ3) is 4.55. The molecule has 1 aliphatic rings. The van der Waals surface area contributed by atoms with Gasteiger partial charge in [-0.1, -0.05) is 5.92 Å². The van der Waals surface area contributed by atoms with E-state index in [4.69, 9.17) is 17.0 Å². The molecule has 0 aromatic rings. The molecule has 0 atom stereocenters. The van der Waals surface area contributed by atoms with E-state index in [9.17, 15) is 4.79 Å². The summed E-state index contributed by atoms with van der Waals surface area (Å²) in [6, 6.07) is 0.0360. The predicted octanol–water partition coefficient (Wildman–Crippen LogP) is 1.19. The summed E-state index contributed by atoms with van der Waals surface area (Å²) >= 11 is 0. The smallest absolute Gasteiger partial charge is 0.424 e. The highest BCUT2D eigenvalue weighted by atomic mass is 16.6. The van der Waals surface area contributed by atoms with Crippen LogP contribution in [0.4, 0.5) is 4.79 Å². The van der Waals surface area contributed by atoms with E-state index in [1.54, 1.807) is 0 Å². The van der Waals surface area contributed by atoms with Gasteiger partial charge < -0.3 is 4.74 Å². The Morgan fingerprint density at radius 3 is 2.50 bits per heavy atom. The highest BCUT2D eigenvalue weighted by Gasteiger charge is 2.28. The zero-order valence-corrected chi connectivity index (χ0v) is 11.5. The summed E-state index contributed by atoms with van der Waals surface area (Å²) in [7, 11) is 0. The van der Waals surface area contributed by atoms with Crippen molar-refractivity contribution in [1.29, 1.82) is 0 Å². The molecule has 0 unspecified atom stereocenters. The maximum Gasteiger partial charge on any atom is 0.424 e. The monoisotopic (exact) mass is 253 g/mol. The number of nitrogens with zero attached hydrogens (tertiary/aromatic N) is 2. The van der Waals surface area contributed by atoms with Crippen LogP contribution in [0.3, 0.4) is 0 Å². The van der Waals surface area contributed by atoms with Crippen molar-refractivity contribution in [3.8, 4) is 12.3 Å². The van der Waals surface area contributed by atoms with Crippen molar-refractivity contribution < 1.29 is 9.53 Å². The third-order valence-electron chi connectivity index (χ3n) is 2.87. The van der Waals surface area contributed by atoms with Crippen LogP contribution in [-0.4, -0.2) is 47.3 Å². The van der Waals surface area contributed by atoms with Gasteiger partial charge in [-0.3, -0.25) is 4.90 Å². The zero-order chi connectivity index (χ0) is 13.8. The minimum absolute atomic E-state index is 0.0360. The summed E-state index contributed by atoms with van der Waals surface area (Å²) < 4.78 is 5.24. The molecular weight excluding hydrogens is 230 g/mol. The fraction of sp³-hybridized carbons (Fsp3) is 0.769. The summed E-state index contributed by atoms with van der Waals surface area (Å²) in [5.41, 5.74) is -0.515. The minimum Gasteiger partial charge on any atom is -0.443 e. The molecular formula is C13H23N3O2. The van der Waals surface area contributed by atoms with E-state index in [1.165, 1.54) is 5.01 Å². The van der Waals surface area contributed by atoms with Crippen molar-refractivity contribution in [2.75, 3.05) is 19.6 Å². The summed E-state index contributed by atoms with van der Waals surface area (Å²) in [6.07, 6.45) is 6.47. The quantitative estimate of drug-likeness (QED) is 0.348. The number of piperidine rings is 1. The molecule has 0 aromatic carbocycles. The molecule has 0 spiro atoms. The third-order valence-corrected chi connectivity index (χ3v) is 2.87. The van der Waals surface area contributed by atoms with Crippen LogP contribution < -0.4 is 5.84 Å². The van der Waals surface area contributed by atoms with Crippen LogP contribution in [0.15, 0.2) is 0 Å². The normalized spacial score (nSPS) is 18.2. The van der Waals surface area contributed by atoms with Gasteiger partial charge in [-0.15, -0.1) is 6.42 Å². The van der Waals surface area contributed by atoms with Gasteiger partial charge in [0.15, 0.2) is 0 Å². The first-order valence-corrected chi connectivity index (χ1v) is 6.26. The highest BCUT2D eigenvalue weighted by molar-refractivity contribution is 5.67. The Kier molecular flexibility index (Phi) is 5.00. The topological polar surface area (TPSA) is 58.8 Å². The molecule has 0 aliphatic carbocycles. The van der Waals surface area contributed by atoms with Gasteiger partial charge in [-0.05, 0) is 33.6 Å². The largest absolute Gasteiger partial charge is 0.443 e. The molecule has 2 N–H and O–H groups in total. The lowest BCUT2D eigenvalue weighted by molar-refractivity contribution is 0.00842. The molecule has 5 heteroatoms. The molecule has 1 saturated heterocycles. The lowest BCUT2D eigenvalue weighted by atomic mass is 10.0. The minimum atomic E-state index is -0.515. The molecule has 5 nitrogen and oxygen atoms in total. The van der Waals surface area contributed by atoms with Crippen LogP contribution in [0, 0.1) is 12.3 Å². The second-order valence-corrected chi connectivity index (χ2v) is 5.60. The second kappa shape index (κ2) is 6.07. The number of carbonyl (C=O) groups is 1. The standard InChI is InChI=1S/C13H23N3O2/c1-5-8-15-9-6-11(7-10-15)16(14)12(17)18-13(2,3)4/h1,11H,6-10,14H2,2-4H3. The Labute approximate surface area is 109 Å². The van der Waals surface area contributed by atoms with Crippen molar-refractivity contribution in [3.63, 3.8) is 0 Å². The van der Waals surface area contributed by atoms with E-state index in [2.05, 4.69) is 10.8 Å². The van der Waals surface area contributed by atoms with Crippen LogP contribution >= 0.6 is 0 Å². The van der Waals surface area contributed by atoms with Gasteiger partial charge in [-0.25, -0.2) is 15.6 Å². The number of hydrogen-bond donors (Lipinski definition) is 1. The highest BCUT2D eigenvalue weighted by Crippen LogP contribution is 2.16. The fourth-order valence-corrected chi connectivity index (χ4v) is 1.95. The van der Waals surface area contributed by atoms with E-state index in [1.807, 2.05) is 20.8 Å². The Bertz CT molecular complexity index is 322. The van der Waals surface area contributed by atoms with E-state index >= 15 is 0 Å². The number of amides is 1. The van der Waals surface area contributed by atoms with E-state index in [0.29, 0.717) is 6.54 Å². The number of hydrazine groups is 1. The fourth-order valence-electron chi connectivity index (χ4n) is 1.95. The van der Waals surface area contributed by atoms with E-state index < -0.39 is 11.7 Å². The van der Waals surface area contributed by atoms with Gasteiger partial charge >= 0.3 is 6.09 Å². The summed E-state index contributed by atoms with van der Waals surface area (Å²) in [4.78, 5) is 14.0. The molecule has 1 heterocycles. The van der Waals surface area contributed by atoms with E-state index in [0.717, 1.165) is 25.9 Å². The summed E-state index contributed by atoms with van der Waals surface area (Å²) in [6.45, 7) is 7.87. The number of carbonyl (C=O) groups excluding carboxylic acids is 1. The van der Waals surface area contributed by atoms with Crippen molar-refractivity contribution in [2.45, 2.75) is 45.3 Å². The van der Waals surface area contributed by atoms with Crippen LogP contribution in [0.2, 0.25) is 0 Å². The lowest BCUT2D eigenvalue weighted by Gasteiger charge is -2.35. The lowest BCUT2D eigenvalue weighted by Crippen LogP contribution is -2.52. The number of rotatable bonds is 2. The number of ether oxygens (including phenoxy) is 1. The number of nitrogens with two attached hydrogens (primary N) is 1. The Morgan fingerprint density at radius 1 is 1.50 bits per heavy atom. The number of terminal acetylenes is 1. The van der Waals surface area contributed by atoms with Gasteiger partial charge in [0.05, 0.1) is 12.6 Å². The average Bonchev–Trinajstić information content (AvgIpc) is 2.27. The van der Waals surface area contributed by atoms with Gasteiger partial charge in [0.1, 0.15) is 5.60 Å². The molecule has 0 aromatic heterocycles. The first-order chi connectivity index (χ1) is 8.33. The predicted molar refractivity (Wildman–Crippen MR) is 70.6 cm³/mol. The maximum atomic E-state index is 11.8. The second-order valence-electron chi connectivity index (χ2n) is 5.60. The molecule has 1 amide bonds. The molecule has 1 rings (SSSR count). The van der Waals surface area contributed by atoms with Crippen LogP contribution in [0.25, 0.3) is 0 Å². The number of likely N-dealkylation sites (tertiary alicyclic amines) is 1. The zero-order valence-electron chi connectivity index (χ0n) is 11.5. The van der Waals surface area contributed by atoms with Crippen molar-refractivity contribution in [3.05, 3.63) is 0 Å². The van der Waals surface area contributed by atoms with Crippen molar-refractivity contribution in [2.24, 2.45) is 5.84 Å². The van der Waals surface area contributed by atoms with Crippen LogP contribution in [-0.2, 0) is 4.74 Å². The summed E-state index contributed by atoms with van der Waals surface area (Å²) in [5.74, 6) is 8.44. The van der Waals surface area contributed by atoms with Gasteiger partial charge in [0, 0.05) is 13.1 Å². The van der Waals surface area contributed by atoms with Gasteiger partial charge in [0.2, 0.25) is 0 Å². The average molecular weight is 253 g/mol. The van der Waals surface area contributed by atoms with E-state index in [-0.39, 0.29) is 6.04 Å². The first kappa shape index (κ1) is 14.8. The molecule has 0 saturated carbocycles. The Morgan fingerprint density at radius 2 is 2.06 bits per heavy atom. The molecule has 0 bridgehead atoms. The van der Waals surface area contributed by atoms with Crippen LogP contribution in [0.5, 0.6) is 0 Å². The molecule has 0 radical (unpaired) electrons. The molecule has 18 heavy (non-hydrogen) atoms. The first-order valence-electron chi connectivity index (χ1n) is 6.26. The molecule has 102 valence electrons. The van der Waals surface area contributed by atoms with Crippen molar-refractivity contribution in [1.82, 2.24) is 9.91 Å². The van der Waals surface area contributed by atoms with Gasteiger partial charge in [0.25, 0.3) is 0 Å². The number of hydrogen-bond acceptors (Lipinski definition) is 4. The summed E-state index contributed by atoms with van der Waals surface area (Å²) in [5, 5.41) is 1.22. The maximum absolute atomic E-state index is 11.8. The SMILES string of the molecule is C#CCN1CCC(N(N)C(=O)OC(C)(C)C)CC1. The van der Waals surface area contributed by atoms with Crippen molar-refractivity contribution >= 4 is 6.09 Å². The Balaban J connectivity index is 2.43. The van der Waals surface area contributed by atoms with Crippen LogP contribution in [0.1, 0.15) is 33.6 Å². The molecule has 1 fully saturated rings. The van der Waals surface area contributed by atoms with Gasteiger partial charge in [-0.2, -0.15) is 0 Å². The Hall–Kier alpha value is -1.25.